The minimum atomic E-state index is -0.221. The van der Waals surface area contributed by atoms with Crippen molar-refractivity contribution in [3.05, 3.63) is 30.3 Å². The zero-order chi connectivity index (χ0) is 17.4. The molecule has 1 atom stereocenters. The molecule has 0 saturated carbocycles. The highest BCUT2D eigenvalue weighted by Gasteiger charge is 2.49. The van der Waals surface area contributed by atoms with Crippen LogP contribution in [-0.2, 0) is 4.79 Å². The predicted octanol–water partition coefficient (Wildman–Crippen LogP) is 3.43. The Kier molecular flexibility index (Phi) is 4.23. The largest absolute Gasteiger partial charge is 0.346 e. The van der Waals surface area contributed by atoms with Crippen molar-refractivity contribution in [2.75, 3.05) is 24.5 Å². The summed E-state index contributed by atoms with van der Waals surface area (Å²) in [6, 6.07) is 10.4. The second-order valence-electron chi connectivity index (χ2n) is 7.40. The van der Waals surface area contributed by atoms with Crippen LogP contribution in [0.1, 0.15) is 33.1 Å². The topological polar surface area (TPSA) is 49.3 Å². The number of amides is 1. The Hall–Kier alpha value is -1.95. The minimum Gasteiger partial charge on any atom is -0.346 e. The van der Waals surface area contributed by atoms with Crippen LogP contribution in [0.25, 0.3) is 10.6 Å². The summed E-state index contributed by atoms with van der Waals surface area (Å²) in [5.74, 6) is 0.337. The molecule has 0 bridgehead atoms. The van der Waals surface area contributed by atoms with Gasteiger partial charge in [-0.25, -0.2) is 0 Å². The molecule has 6 heteroatoms. The van der Waals surface area contributed by atoms with Gasteiger partial charge in [0.05, 0.1) is 5.41 Å². The molecule has 1 unspecified atom stereocenters. The molecule has 1 aromatic carbocycles. The average molecular weight is 356 g/mol. The summed E-state index contributed by atoms with van der Waals surface area (Å²) in [5.41, 5.74) is 0.876. The van der Waals surface area contributed by atoms with Crippen molar-refractivity contribution in [2.45, 2.75) is 39.2 Å². The normalized spacial score (nSPS) is 23.9. The van der Waals surface area contributed by atoms with Crippen molar-refractivity contribution < 1.29 is 4.79 Å². The highest BCUT2D eigenvalue weighted by atomic mass is 32.1. The second kappa shape index (κ2) is 6.41. The van der Waals surface area contributed by atoms with Crippen molar-refractivity contribution in [3.8, 4) is 10.6 Å². The van der Waals surface area contributed by atoms with E-state index >= 15 is 0 Å². The molecular weight excluding hydrogens is 332 g/mol. The molecule has 2 aliphatic rings. The fourth-order valence-electron chi connectivity index (χ4n) is 4.05. The number of hydrogen-bond acceptors (Lipinski definition) is 5. The van der Waals surface area contributed by atoms with E-state index in [-0.39, 0.29) is 11.5 Å². The number of carbonyl (C=O) groups is 1. The van der Waals surface area contributed by atoms with Crippen molar-refractivity contribution in [3.63, 3.8) is 0 Å². The zero-order valence-electron chi connectivity index (χ0n) is 14.8. The molecule has 2 saturated heterocycles. The van der Waals surface area contributed by atoms with E-state index in [2.05, 4.69) is 46.0 Å². The third-order valence-corrected chi connectivity index (χ3v) is 6.48. The van der Waals surface area contributed by atoms with Crippen LogP contribution in [0.4, 0.5) is 5.13 Å². The minimum absolute atomic E-state index is 0.221. The number of carbonyl (C=O) groups excluding carboxylic acids is 1. The van der Waals surface area contributed by atoms with Gasteiger partial charge in [-0.2, -0.15) is 0 Å². The van der Waals surface area contributed by atoms with E-state index in [0.29, 0.717) is 5.91 Å². The molecule has 0 radical (unpaired) electrons. The van der Waals surface area contributed by atoms with Crippen molar-refractivity contribution in [1.29, 1.82) is 0 Å². The molecule has 1 aromatic heterocycles. The van der Waals surface area contributed by atoms with Gasteiger partial charge in [-0.3, -0.25) is 4.79 Å². The van der Waals surface area contributed by atoms with E-state index in [1.165, 1.54) is 0 Å². The highest BCUT2D eigenvalue weighted by Crippen LogP contribution is 2.43. The van der Waals surface area contributed by atoms with E-state index in [4.69, 9.17) is 0 Å². The van der Waals surface area contributed by atoms with Gasteiger partial charge in [-0.1, -0.05) is 41.7 Å². The lowest BCUT2D eigenvalue weighted by Crippen LogP contribution is -2.52. The summed E-state index contributed by atoms with van der Waals surface area (Å²) >= 11 is 1.62. The van der Waals surface area contributed by atoms with E-state index in [9.17, 15) is 4.79 Å². The summed E-state index contributed by atoms with van der Waals surface area (Å²) in [4.78, 5) is 17.4. The Labute approximate surface area is 152 Å². The molecule has 2 fully saturated rings. The summed E-state index contributed by atoms with van der Waals surface area (Å²) in [6.45, 7) is 6.79. The Balaban J connectivity index is 1.53. The highest BCUT2D eigenvalue weighted by molar-refractivity contribution is 7.18. The Morgan fingerprint density at radius 1 is 1.12 bits per heavy atom. The van der Waals surface area contributed by atoms with Crippen LogP contribution < -0.4 is 4.90 Å². The Morgan fingerprint density at radius 2 is 1.92 bits per heavy atom. The molecule has 1 spiro atoms. The van der Waals surface area contributed by atoms with Gasteiger partial charge in [0.1, 0.15) is 5.01 Å². The Bertz CT molecular complexity index is 760. The molecule has 5 nitrogen and oxygen atoms in total. The molecule has 4 rings (SSSR count). The van der Waals surface area contributed by atoms with Gasteiger partial charge in [0.25, 0.3) is 0 Å². The smallest absolute Gasteiger partial charge is 0.230 e. The molecule has 0 N–H and O–H groups in total. The lowest BCUT2D eigenvalue weighted by molar-refractivity contribution is -0.147. The second-order valence-corrected chi connectivity index (χ2v) is 8.36. The molecule has 1 amide bonds. The van der Waals surface area contributed by atoms with Crippen LogP contribution in [0.5, 0.6) is 0 Å². The van der Waals surface area contributed by atoms with Crippen LogP contribution in [0.3, 0.4) is 0 Å². The number of nitrogens with zero attached hydrogens (tertiary/aromatic N) is 4. The van der Waals surface area contributed by atoms with Crippen LogP contribution in [0, 0.1) is 5.41 Å². The first-order valence-electron chi connectivity index (χ1n) is 9.04. The van der Waals surface area contributed by atoms with E-state index in [1.807, 2.05) is 18.2 Å². The van der Waals surface area contributed by atoms with Gasteiger partial charge >= 0.3 is 0 Å². The number of rotatable bonds is 3. The lowest BCUT2D eigenvalue weighted by atomic mass is 9.78. The molecule has 2 aromatic rings. The summed E-state index contributed by atoms with van der Waals surface area (Å²) < 4.78 is 0. The molecule has 132 valence electrons. The fraction of sp³-hybridized carbons (Fsp3) is 0.526. The summed E-state index contributed by atoms with van der Waals surface area (Å²) in [7, 11) is 0. The number of piperidine rings is 1. The van der Waals surface area contributed by atoms with Gasteiger partial charge in [-0.05, 0) is 33.1 Å². The fourth-order valence-corrected chi connectivity index (χ4v) is 4.92. The van der Waals surface area contributed by atoms with Crippen molar-refractivity contribution >= 4 is 22.4 Å². The maximum absolute atomic E-state index is 13.1. The molecule has 25 heavy (non-hydrogen) atoms. The van der Waals surface area contributed by atoms with E-state index in [1.54, 1.807) is 11.3 Å². The van der Waals surface area contributed by atoms with Crippen molar-refractivity contribution in [2.24, 2.45) is 5.41 Å². The quantitative estimate of drug-likeness (QED) is 0.845. The number of hydrogen-bond donors (Lipinski definition) is 0. The first kappa shape index (κ1) is 16.5. The molecule has 2 aliphatic heterocycles. The van der Waals surface area contributed by atoms with Crippen LogP contribution >= 0.6 is 11.3 Å². The van der Waals surface area contributed by atoms with Crippen LogP contribution in [0.15, 0.2) is 30.3 Å². The molecular formula is C19H24N4OS. The number of likely N-dealkylation sites (tertiary alicyclic amines) is 1. The van der Waals surface area contributed by atoms with Gasteiger partial charge < -0.3 is 9.80 Å². The van der Waals surface area contributed by atoms with Gasteiger partial charge in [0.2, 0.25) is 11.0 Å². The number of aromatic nitrogens is 2. The van der Waals surface area contributed by atoms with E-state index < -0.39 is 0 Å². The first-order chi connectivity index (χ1) is 12.1. The van der Waals surface area contributed by atoms with Crippen LogP contribution in [0.2, 0.25) is 0 Å². The zero-order valence-corrected chi connectivity index (χ0v) is 15.6. The van der Waals surface area contributed by atoms with Gasteiger partial charge in [0.15, 0.2) is 0 Å². The van der Waals surface area contributed by atoms with Gasteiger partial charge in [0, 0.05) is 31.2 Å². The Morgan fingerprint density at radius 3 is 2.68 bits per heavy atom. The number of anilines is 1. The lowest BCUT2D eigenvalue weighted by Gasteiger charge is -2.41. The van der Waals surface area contributed by atoms with Gasteiger partial charge in [-0.15, -0.1) is 10.2 Å². The van der Waals surface area contributed by atoms with E-state index in [0.717, 1.165) is 54.6 Å². The third-order valence-electron chi connectivity index (χ3n) is 5.45. The molecule has 3 heterocycles. The third kappa shape index (κ3) is 2.92. The number of benzene rings is 1. The van der Waals surface area contributed by atoms with Crippen molar-refractivity contribution in [1.82, 2.24) is 15.1 Å². The SMILES string of the molecule is CC(C)N1CCCC2(CCN(c3nnc(-c4ccccc4)s3)C2)C1=O. The van der Waals surface area contributed by atoms with Crippen LogP contribution in [-0.4, -0.2) is 46.7 Å². The average Bonchev–Trinajstić information content (AvgIpc) is 3.26. The standard InChI is InChI=1S/C19H24N4OS/c1-14(2)23-11-6-9-19(17(23)24)10-12-22(13-19)18-21-20-16(25-18)15-7-4-3-5-8-15/h3-5,7-8,14H,6,9-13H2,1-2H3. The molecule has 0 aliphatic carbocycles. The summed E-state index contributed by atoms with van der Waals surface area (Å²) in [5, 5.41) is 10.6. The predicted molar refractivity (Wildman–Crippen MR) is 101 cm³/mol. The maximum Gasteiger partial charge on any atom is 0.230 e. The monoisotopic (exact) mass is 356 g/mol. The first-order valence-corrected chi connectivity index (χ1v) is 9.86. The summed E-state index contributed by atoms with van der Waals surface area (Å²) in [6.07, 6.45) is 3.02. The maximum atomic E-state index is 13.1.